The van der Waals surface area contributed by atoms with Crippen LogP contribution in [-0.4, -0.2) is 45.4 Å². The fraction of sp³-hybridized carbons (Fsp3) is 0.333. The van der Waals surface area contributed by atoms with Crippen LogP contribution in [0.15, 0.2) is 47.4 Å². The van der Waals surface area contributed by atoms with Gasteiger partial charge < -0.3 is 15.4 Å². The summed E-state index contributed by atoms with van der Waals surface area (Å²) >= 11 is 1.51. The fourth-order valence-corrected chi connectivity index (χ4v) is 4.46. The molecule has 0 radical (unpaired) electrons. The number of hydrogen-bond donors (Lipinski definition) is 3. The zero-order chi connectivity index (χ0) is 23.0. The Hall–Kier alpha value is -2.56. The van der Waals surface area contributed by atoms with Crippen molar-refractivity contribution in [1.29, 1.82) is 0 Å². The van der Waals surface area contributed by atoms with Crippen molar-refractivity contribution >= 4 is 45.0 Å². The van der Waals surface area contributed by atoms with Gasteiger partial charge >= 0.3 is 0 Å². The molecular weight excluding hydrogens is 438 g/mol. The monoisotopic (exact) mass is 465 g/mol. The summed E-state index contributed by atoms with van der Waals surface area (Å²) in [5.41, 5.74) is 1.73. The smallest absolute Gasteiger partial charge is 0.242 e. The molecule has 0 saturated heterocycles. The van der Waals surface area contributed by atoms with Crippen molar-refractivity contribution in [3.8, 4) is 5.75 Å². The molecule has 0 heterocycles. The Bertz CT molecular complexity index is 1020. The predicted molar refractivity (Wildman–Crippen MR) is 124 cm³/mol. The van der Waals surface area contributed by atoms with E-state index >= 15 is 0 Å². The molecule has 0 spiro atoms. The van der Waals surface area contributed by atoms with Gasteiger partial charge in [-0.3, -0.25) is 9.59 Å². The summed E-state index contributed by atoms with van der Waals surface area (Å²) in [6.45, 7) is 3.23. The maximum Gasteiger partial charge on any atom is 0.242 e. The number of ether oxygens (including phenoxy) is 1. The predicted octanol–water partition coefficient (Wildman–Crippen LogP) is 3.00. The number of anilines is 2. The highest BCUT2D eigenvalue weighted by molar-refractivity contribution is 7.98. The topological polar surface area (TPSA) is 114 Å². The standard InChI is InChI=1S/C21H27N3O5S2/c1-14-5-8-17(9-6-14)31(27,28)24-18(11-12-30-4)21(26)23-16-7-10-20(29-3)19(13-16)22-15(2)25/h5-10,13,18,24H,11-12H2,1-4H3,(H,22,25)(H,23,26). The average molecular weight is 466 g/mol. The van der Waals surface area contributed by atoms with Gasteiger partial charge in [0, 0.05) is 12.6 Å². The number of aryl methyl sites for hydroxylation is 1. The third-order valence-corrected chi connectivity index (χ3v) is 6.47. The molecule has 10 heteroatoms. The van der Waals surface area contributed by atoms with Crippen molar-refractivity contribution < 1.29 is 22.7 Å². The van der Waals surface area contributed by atoms with E-state index in [9.17, 15) is 18.0 Å². The van der Waals surface area contributed by atoms with Gasteiger partial charge in [-0.25, -0.2) is 8.42 Å². The number of methoxy groups -OCH3 is 1. The lowest BCUT2D eigenvalue weighted by Gasteiger charge is -2.19. The van der Waals surface area contributed by atoms with Gasteiger partial charge in [-0.05, 0) is 55.7 Å². The largest absolute Gasteiger partial charge is 0.495 e. The Balaban J connectivity index is 2.23. The number of sulfonamides is 1. The van der Waals surface area contributed by atoms with Gasteiger partial charge in [0.2, 0.25) is 21.8 Å². The molecule has 168 valence electrons. The minimum absolute atomic E-state index is 0.0949. The summed E-state index contributed by atoms with van der Waals surface area (Å²) in [5, 5.41) is 5.35. The number of hydrogen-bond acceptors (Lipinski definition) is 6. The SMILES string of the molecule is COc1ccc(NC(=O)C(CCSC)NS(=O)(=O)c2ccc(C)cc2)cc1NC(C)=O. The van der Waals surface area contributed by atoms with E-state index in [1.54, 1.807) is 30.3 Å². The molecule has 2 amide bonds. The first-order valence-electron chi connectivity index (χ1n) is 9.50. The van der Waals surface area contributed by atoms with Gasteiger partial charge in [0.1, 0.15) is 11.8 Å². The quantitative estimate of drug-likeness (QED) is 0.497. The maximum absolute atomic E-state index is 12.9. The lowest BCUT2D eigenvalue weighted by molar-refractivity contribution is -0.117. The van der Waals surface area contributed by atoms with Gasteiger partial charge in [-0.2, -0.15) is 16.5 Å². The average Bonchev–Trinajstić information content (AvgIpc) is 2.71. The fourth-order valence-electron chi connectivity index (χ4n) is 2.75. The summed E-state index contributed by atoms with van der Waals surface area (Å²) in [7, 11) is -2.41. The Kier molecular flexibility index (Phi) is 8.90. The molecule has 8 nitrogen and oxygen atoms in total. The summed E-state index contributed by atoms with van der Waals surface area (Å²) in [6, 6.07) is 10.2. The van der Waals surface area contributed by atoms with E-state index in [1.165, 1.54) is 37.9 Å². The second kappa shape index (κ2) is 11.2. The third kappa shape index (κ3) is 7.27. The third-order valence-electron chi connectivity index (χ3n) is 4.33. The number of carbonyl (C=O) groups is 2. The second-order valence-corrected chi connectivity index (χ2v) is 9.55. The molecule has 0 bridgehead atoms. The van der Waals surface area contributed by atoms with Gasteiger partial charge in [0.25, 0.3) is 0 Å². The van der Waals surface area contributed by atoms with Crippen LogP contribution in [-0.2, 0) is 19.6 Å². The van der Waals surface area contributed by atoms with Crippen molar-refractivity contribution in [2.75, 3.05) is 29.8 Å². The molecule has 0 aromatic heterocycles. The number of benzene rings is 2. The minimum atomic E-state index is -3.88. The zero-order valence-corrected chi connectivity index (χ0v) is 19.5. The molecule has 3 N–H and O–H groups in total. The lowest BCUT2D eigenvalue weighted by Crippen LogP contribution is -2.44. The lowest BCUT2D eigenvalue weighted by atomic mass is 10.2. The maximum atomic E-state index is 12.9. The first-order valence-corrected chi connectivity index (χ1v) is 12.4. The highest BCUT2D eigenvalue weighted by atomic mass is 32.2. The summed E-state index contributed by atoms with van der Waals surface area (Å²) < 4.78 is 33.3. The van der Waals surface area contributed by atoms with Crippen LogP contribution >= 0.6 is 11.8 Å². The summed E-state index contributed by atoms with van der Waals surface area (Å²) in [5.74, 6) is 0.246. The van der Waals surface area contributed by atoms with Crippen molar-refractivity contribution in [2.45, 2.75) is 31.2 Å². The Morgan fingerprint density at radius 3 is 2.35 bits per heavy atom. The second-order valence-electron chi connectivity index (χ2n) is 6.85. The van der Waals surface area contributed by atoms with Crippen LogP contribution in [0.2, 0.25) is 0 Å². The van der Waals surface area contributed by atoms with Crippen LogP contribution in [0.5, 0.6) is 5.75 Å². The number of nitrogens with one attached hydrogen (secondary N) is 3. The molecule has 2 rings (SSSR count). The Morgan fingerprint density at radius 1 is 1.10 bits per heavy atom. The molecule has 0 fully saturated rings. The molecule has 0 aliphatic carbocycles. The molecule has 1 atom stereocenters. The normalized spacial score (nSPS) is 12.1. The van der Waals surface area contributed by atoms with E-state index in [2.05, 4.69) is 15.4 Å². The van der Waals surface area contributed by atoms with E-state index in [0.717, 1.165) is 5.56 Å². The van der Waals surface area contributed by atoms with Crippen LogP contribution in [0.25, 0.3) is 0 Å². The van der Waals surface area contributed by atoms with Gasteiger partial charge in [0.15, 0.2) is 0 Å². The van der Waals surface area contributed by atoms with E-state index < -0.39 is 22.0 Å². The Labute approximate surface area is 187 Å². The van der Waals surface area contributed by atoms with Crippen LogP contribution < -0.4 is 20.1 Å². The summed E-state index contributed by atoms with van der Waals surface area (Å²) in [6.07, 6.45) is 2.19. The highest BCUT2D eigenvalue weighted by Gasteiger charge is 2.26. The molecular formula is C21H27N3O5S2. The van der Waals surface area contributed by atoms with Crippen LogP contribution in [0, 0.1) is 6.92 Å². The molecule has 31 heavy (non-hydrogen) atoms. The van der Waals surface area contributed by atoms with Gasteiger partial charge in [-0.1, -0.05) is 17.7 Å². The van der Waals surface area contributed by atoms with Crippen molar-refractivity contribution in [2.24, 2.45) is 0 Å². The van der Waals surface area contributed by atoms with Crippen LogP contribution in [0.3, 0.4) is 0 Å². The van der Waals surface area contributed by atoms with E-state index in [-0.39, 0.29) is 10.8 Å². The minimum Gasteiger partial charge on any atom is -0.495 e. The van der Waals surface area contributed by atoms with Crippen molar-refractivity contribution in [3.63, 3.8) is 0 Å². The first kappa shape index (κ1) is 24.7. The molecule has 0 aliphatic rings. The first-order chi connectivity index (χ1) is 14.7. The highest BCUT2D eigenvalue weighted by Crippen LogP contribution is 2.28. The summed E-state index contributed by atoms with van der Waals surface area (Å²) in [4.78, 5) is 24.4. The molecule has 2 aromatic rings. The van der Waals surface area contributed by atoms with Gasteiger partial charge in [0.05, 0.1) is 17.7 Å². The zero-order valence-electron chi connectivity index (χ0n) is 17.9. The van der Waals surface area contributed by atoms with Crippen LogP contribution in [0.1, 0.15) is 18.9 Å². The number of thioether (sulfide) groups is 1. The van der Waals surface area contributed by atoms with E-state index in [1.807, 2.05) is 13.2 Å². The van der Waals surface area contributed by atoms with Crippen molar-refractivity contribution in [3.05, 3.63) is 48.0 Å². The molecule has 0 saturated carbocycles. The molecule has 2 aromatic carbocycles. The van der Waals surface area contributed by atoms with E-state index in [4.69, 9.17) is 4.74 Å². The number of rotatable bonds is 10. The van der Waals surface area contributed by atoms with Gasteiger partial charge in [-0.15, -0.1) is 0 Å². The molecule has 1 unspecified atom stereocenters. The number of amides is 2. The number of carbonyl (C=O) groups excluding carboxylic acids is 2. The van der Waals surface area contributed by atoms with Crippen molar-refractivity contribution in [1.82, 2.24) is 4.72 Å². The van der Waals surface area contributed by atoms with Crippen LogP contribution in [0.4, 0.5) is 11.4 Å². The Morgan fingerprint density at radius 2 is 1.77 bits per heavy atom. The van der Waals surface area contributed by atoms with E-state index in [0.29, 0.717) is 29.3 Å². The molecule has 0 aliphatic heterocycles.